The lowest BCUT2D eigenvalue weighted by molar-refractivity contribution is 0.958. The highest BCUT2D eigenvalue weighted by Crippen LogP contribution is 2.31. The summed E-state index contributed by atoms with van der Waals surface area (Å²) >= 11 is 0. The van der Waals surface area contributed by atoms with E-state index in [1.54, 1.807) is 0 Å². The van der Waals surface area contributed by atoms with Crippen LogP contribution in [0.4, 0.5) is 11.4 Å². The molecule has 0 amide bonds. The summed E-state index contributed by atoms with van der Waals surface area (Å²) in [6.07, 6.45) is 9.55. The van der Waals surface area contributed by atoms with Crippen LogP contribution in [-0.4, -0.2) is 11.4 Å². The fourth-order valence-electron chi connectivity index (χ4n) is 7.21. The second-order valence-corrected chi connectivity index (χ2v) is 13.5. The molecule has 0 spiro atoms. The van der Waals surface area contributed by atoms with Crippen molar-refractivity contribution >= 4 is 22.8 Å². The lowest BCUT2D eigenvalue weighted by atomic mass is 10.00. The molecular weight excluding hydrogens is 621 g/mol. The van der Waals surface area contributed by atoms with E-state index in [4.69, 9.17) is 9.98 Å². The molecule has 0 saturated carbocycles. The number of para-hydroxylation sites is 2. The third kappa shape index (κ3) is 6.56. The molecule has 4 nitrogen and oxygen atoms in total. The van der Waals surface area contributed by atoms with Gasteiger partial charge in [-0.1, -0.05) is 133 Å². The average molecular weight is 659 g/mol. The highest BCUT2D eigenvalue weighted by Gasteiger charge is 2.19. The predicted octanol–water partition coefficient (Wildman–Crippen LogP) is 10.3. The van der Waals surface area contributed by atoms with Crippen molar-refractivity contribution in [3.05, 3.63) is 215 Å². The Balaban J connectivity index is 1.04. The van der Waals surface area contributed by atoms with E-state index in [1.165, 1.54) is 67.0 Å². The Morgan fingerprint density at radius 3 is 1.18 bits per heavy atom. The zero-order valence-electron chi connectivity index (χ0n) is 28.5. The maximum atomic E-state index is 5.06. The van der Waals surface area contributed by atoms with Gasteiger partial charge in [-0.15, -0.1) is 0 Å². The van der Waals surface area contributed by atoms with E-state index < -0.39 is 0 Å². The maximum Gasteiger partial charge on any atom is 0.0686 e. The van der Waals surface area contributed by atoms with Crippen molar-refractivity contribution in [2.45, 2.75) is 32.6 Å². The summed E-state index contributed by atoms with van der Waals surface area (Å²) in [6.45, 7) is 2.88. The molecule has 0 saturated heterocycles. The number of nitrogens with zero attached hydrogens (tertiary/aromatic N) is 4. The number of benzene rings is 6. The second-order valence-electron chi connectivity index (χ2n) is 13.5. The van der Waals surface area contributed by atoms with Gasteiger partial charge in [0.1, 0.15) is 0 Å². The summed E-state index contributed by atoms with van der Waals surface area (Å²) in [4.78, 5) is 14.8. The summed E-state index contributed by atoms with van der Waals surface area (Å²) in [5, 5.41) is 0. The van der Waals surface area contributed by atoms with Crippen LogP contribution in [-0.2, 0) is 32.6 Å². The predicted molar refractivity (Wildman–Crippen MR) is 212 cm³/mol. The van der Waals surface area contributed by atoms with E-state index in [1.807, 2.05) is 0 Å². The van der Waals surface area contributed by atoms with E-state index in [9.17, 15) is 0 Å². The Morgan fingerprint density at radius 2 is 0.745 bits per heavy atom. The van der Waals surface area contributed by atoms with E-state index in [0.717, 1.165) is 30.9 Å². The van der Waals surface area contributed by atoms with Gasteiger partial charge in [-0.2, -0.15) is 0 Å². The van der Waals surface area contributed by atoms with Crippen molar-refractivity contribution in [2.75, 3.05) is 9.80 Å². The van der Waals surface area contributed by atoms with E-state index in [-0.39, 0.29) is 0 Å². The highest BCUT2D eigenvalue weighted by molar-refractivity contribution is 6.14. The normalized spacial score (nSPS) is 15.1. The van der Waals surface area contributed by atoms with Crippen molar-refractivity contribution in [1.29, 1.82) is 0 Å². The van der Waals surface area contributed by atoms with Crippen molar-refractivity contribution in [1.82, 2.24) is 0 Å². The van der Waals surface area contributed by atoms with Crippen molar-refractivity contribution in [2.24, 2.45) is 9.98 Å². The van der Waals surface area contributed by atoms with Gasteiger partial charge in [0.2, 0.25) is 0 Å². The quantitative estimate of drug-likeness (QED) is 0.163. The molecule has 0 aromatic heterocycles. The Kier molecular flexibility index (Phi) is 8.19. The Bertz CT molecular complexity index is 2140. The minimum Gasteiger partial charge on any atom is -0.343 e. The summed E-state index contributed by atoms with van der Waals surface area (Å²) < 4.78 is 0. The number of rotatable bonds is 0. The van der Waals surface area contributed by atoms with Crippen LogP contribution < -0.4 is 9.80 Å². The molecular formula is C47H38N4. The van der Waals surface area contributed by atoms with Crippen LogP contribution >= 0.6 is 0 Å². The van der Waals surface area contributed by atoms with Gasteiger partial charge in [-0.25, -0.2) is 0 Å². The third-order valence-corrected chi connectivity index (χ3v) is 10.1. The van der Waals surface area contributed by atoms with Crippen LogP contribution in [0.5, 0.6) is 0 Å². The molecule has 16 aliphatic rings. The largest absolute Gasteiger partial charge is 0.343 e. The first-order valence-electron chi connectivity index (χ1n) is 17.7. The molecule has 0 radical (unpaired) electrons. The molecule has 4 heteroatoms. The monoisotopic (exact) mass is 658 g/mol. The molecule has 51 heavy (non-hydrogen) atoms. The molecule has 0 N–H and O–H groups in total. The van der Waals surface area contributed by atoms with E-state index >= 15 is 0 Å². The fourth-order valence-corrected chi connectivity index (χ4v) is 7.21. The lowest BCUT2D eigenvalue weighted by Gasteiger charge is -2.27. The summed E-state index contributed by atoms with van der Waals surface area (Å²) in [5.74, 6) is 0. The Labute approximate surface area is 300 Å². The summed E-state index contributed by atoms with van der Waals surface area (Å²) in [7, 11) is 0. The molecule has 6 aromatic carbocycles. The van der Waals surface area contributed by atoms with Crippen molar-refractivity contribution in [3.8, 4) is 11.1 Å². The molecule has 246 valence electrons. The number of aliphatic imine (C=N–C) groups is 2. The highest BCUT2D eigenvalue weighted by atomic mass is 15.1. The van der Waals surface area contributed by atoms with Crippen LogP contribution in [0.15, 0.2) is 180 Å². The number of allylic oxidation sites excluding steroid dienone is 2. The molecule has 0 fully saturated rings. The minimum atomic E-state index is 0.644. The molecule has 16 heterocycles. The maximum absolute atomic E-state index is 5.06. The van der Waals surface area contributed by atoms with Crippen LogP contribution in [0.25, 0.3) is 11.1 Å². The molecule has 0 atom stereocenters. The Hall–Kier alpha value is -6.26. The second kappa shape index (κ2) is 13.6. The number of hydrogen-bond acceptors (Lipinski definition) is 4. The van der Waals surface area contributed by atoms with Crippen LogP contribution in [0, 0.1) is 0 Å². The van der Waals surface area contributed by atoms with E-state index in [2.05, 4.69) is 180 Å². The topological polar surface area (TPSA) is 31.2 Å². The van der Waals surface area contributed by atoms with Crippen molar-refractivity contribution in [3.63, 3.8) is 0 Å². The molecule has 12 bridgehead atoms. The zero-order valence-corrected chi connectivity index (χ0v) is 28.5. The van der Waals surface area contributed by atoms with Gasteiger partial charge in [0.05, 0.1) is 35.9 Å². The smallest absolute Gasteiger partial charge is 0.0686 e. The van der Waals surface area contributed by atoms with Gasteiger partial charge in [0, 0.05) is 36.6 Å². The summed E-state index contributed by atoms with van der Waals surface area (Å²) in [6, 6.07) is 52.9. The Morgan fingerprint density at radius 1 is 0.373 bits per heavy atom. The van der Waals surface area contributed by atoms with Gasteiger partial charge >= 0.3 is 0 Å². The molecule has 22 rings (SSSR count). The molecule has 0 aliphatic carbocycles. The van der Waals surface area contributed by atoms with Crippen LogP contribution in [0.1, 0.15) is 44.5 Å². The van der Waals surface area contributed by atoms with Crippen molar-refractivity contribution < 1.29 is 0 Å². The number of anilines is 2. The van der Waals surface area contributed by atoms with Crippen LogP contribution in [0.3, 0.4) is 0 Å². The molecule has 6 aromatic rings. The molecule has 0 unspecified atom stereocenters. The van der Waals surface area contributed by atoms with Gasteiger partial charge in [-0.05, 0) is 75.2 Å². The first-order chi connectivity index (χ1) is 25.2. The zero-order chi connectivity index (χ0) is 34.0. The average Bonchev–Trinajstić information content (AvgIpc) is 3.19. The first kappa shape index (κ1) is 30.8. The van der Waals surface area contributed by atoms with Gasteiger partial charge < -0.3 is 9.80 Å². The SMILES string of the molecule is C1=CN2Cc3ccc(cc3)-c3ccc(cc3)CN3C=CC(=NCc4ccc(cc4)Cc4ccc(cc4)CN=C1c1ccccc12)c1ccccc13. The van der Waals surface area contributed by atoms with Gasteiger partial charge in [0.25, 0.3) is 0 Å². The lowest BCUT2D eigenvalue weighted by Crippen LogP contribution is -2.22. The standard InChI is InChI=1S/C47H38N4/c1-3-7-46-42(5-1)44-25-27-50(46)32-38-17-21-40(22-18-38)41-23-19-39(20-24-41)33-51-28-26-45(43-6-2-4-8-47(43)51)49-31-37-15-11-35(12-16-37)29-34-9-13-36(14-10-34)30-48-44/h1-28H,29-33H2. The van der Waals surface area contributed by atoms with Gasteiger partial charge in [-0.3, -0.25) is 9.98 Å². The van der Waals surface area contributed by atoms with Gasteiger partial charge in [0.15, 0.2) is 0 Å². The number of hydrogen-bond donors (Lipinski definition) is 0. The first-order valence-corrected chi connectivity index (χ1v) is 17.7. The number of fused-ring (bicyclic) bond motifs is 1. The summed E-state index contributed by atoms with van der Waals surface area (Å²) in [5.41, 5.74) is 16.7. The van der Waals surface area contributed by atoms with Crippen LogP contribution in [0.2, 0.25) is 0 Å². The minimum absolute atomic E-state index is 0.644. The fraction of sp³-hybridized carbons (Fsp3) is 0.106. The van der Waals surface area contributed by atoms with E-state index in [0.29, 0.717) is 13.1 Å². The third-order valence-electron chi connectivity index (χ3n) is 10.1. The molecule has 16 aliphatic heterocycles.